The van der Waals surface area contributed by atoms with Crippen molar-refractivity contribution in [2.75, 3.05) is 24.1 Å². The van der Waals surface area contributed by atoms with Crippen LogP contribution in [0.5, 0.6) is 0 Å². The minimum absolute atomic E-state index is 0.104. The van der Waals surface area contributed by atoms with Crippen LogP contribution in [0.1, 0.15) is 5.56 Å². The fourth-order valence-corrected chi connectivity index (χ4v) is 2.85. The van der Waals surface area contributed by atoms with Crippen molar-refractivity contribution in [2.24, 2.45) is 0 Å². The van der Waals surface area contributed by atoms with Gasteiger partial charge in [0.25, 0.3) is 0 Å². The van der Waals surface area contributed by atoms with Crippen LogP contribution in [-0.4, -0.2) is 20.2 Å². The number of halogens is 3. The third kappa shape index (κ3) is 4.57. The Bertz CT molecular complexity index is 973. The molecule has 29 heavy (non-hydrogen) atoms. The predicted octanol–water partition coefficient (Wildman–Crippen LogP) is 6.00. The molecule has 0 fully saturated rings. The number of hydrogen-bond donors (Lipinski definition) is 0. The number of hydrogen-bond acceptors (Lipinski definition) is 2. The van der Waals surface area contributed by atoms with Crippen LogP contribution < -0.4 is 9.96 Å². The highest BCUT2D eigenvalue weighted by atomic mass is 19.4. The van der Waals surface area contributed by atoms with Crippen LogP contribution >= 0.6 is 0 Å². The molecule has 0 spiro atoms. The topological polar surface area (TPSA) is 32.8 Å². The van der Waals surface area contributed by atoms with Crippen LogP contribution in [0, 0.1) is 0 Å². The summed E-state index contributed by atoms with van der Waals surface area (Å²) < 4.78 is 38.9. The van der Waals surface area contributed by atoms with Gasteiger partial charge in [-0.1, -0.05) is 48.5 Å². The highest BCUT2D eigenvalue weighted by Crippen LogP contribution is 2.32. The van der Waals surface area contributed by atoms with Gasteiger partial charge < -0.3 is 0 Å². The number of benzene rings is 3. The van der Waals surface area contributed by atoms with Gasteiger partial charge in [-0.25, -0.2) is 4.79 Å². The van der Waals surface area contributed by atoms with E-state index in [0.29, 0.717) is 5.69 Å². The van der Waals surface area contributed by atoms with Gasteiger partial charge in [-0.05, 0) is 41.5 Å². The molecular weight excluding hydrogens is 381 g/mol. The van der Waals surface area contributed by atoms with E-state index in [2.05, 4.69) is 0 Å². The van der Waals surface area contributed by atoms with E-state index in [1.807, 2.05) is 42.5 Å². The quantitative estimate of drug-likeness (QED) is 0.504. The van der Waals surface area contributed by atoms with Crippen LogP contribution in [0.25, 0.3) is 11.1 Å². The van der Waals surface area contributed by atoms with Gasteiger partial charge in [-0.3, -0.25) is 9.74 Å². The Hall–Kier alpha value is -3.32. The molecule has 0 N–H and O–H groups in total. The van der Waals surface area contributed by atoms with Crippen molar-refractivity contribution in [3.63, 3.8) is 0 Å². The summed E-state index contributed by atoms with van der Waals surface area (Å²) in [5.74, 6) is 0. The predicted molar refractivity (Wildman–Crippen MR) is 107 cm³/mol. The lowest BCUT2D eigenvalue weighted by Gasteiger charge is -2.26. The molecule has 0 heterocycles. The summed E-state index contributed by atoms with van der Waals surface area (Å²) in [6.07, 6.45) is -4.49. The molecule has 150 valence electrons. The molecule has 0 aliphatic rings. The summed E-state index contributed by atoms with van der Waals surface area (Å²) in [6, 6.07) is 20.8. The van der Waals surface area contributed by atoms with E-state index < -0.39 is 17.8 Å². The van der Waals surface area contributed by atoms with Crippen molar-refractivity contribution < 1.29 is 22.8 Å². The van der Waals surface area contributed by atoms with Crippen LogP contribution in [0.15, 0.2) is 78.9 Å². The number of alkyl halides is 3. The lowest BCUT2D eigenvalue weighted by molar-refractivity contribution is -0.137. The molecule has 3 aromatic carbocycles. The maximum absolute atomic E-state index is 13.0. The zero-order chi connectivity index (χ0) is 21.0. The van der Waals surface area contributed by atoms with E-state index in [4.69, 9.17) is 4.84 Å². The number of hydroxylamine groups is 1. The maximum Gasteiger partial charge on any atom is 0.416 e. The second-order valence-electron chi connectivity index (χ2n) is 6.28. The standard InChI is InChI=1S/C22H19F3N2O2/c1-26(20-10-6-9-18(15-20)22(23,24)25)21(28)27(29-2)19-13-11-17(12-14-19)16-7-4-3-5-8-16/h3-15H,1-2H3. The van der Waals surface area contributed by atoms with E-state index in [1.54, 1.807) is 12.1 Å². The van der Waals surface area contributed by atoms with Gasteiger partial charge in [0.15, 0.2) is 0 Å². The normalized spacial score (nSPS) is 11.2. The summed E-state index contributed by atoms with van der Waals surface area (Å²) in [5, 5.41) is 1.02. The molecule has 4 nitrogen and oxygen atoms in total. The number of amides is 2. The minimum Gasteiger partial charge on any atom is -0.295 e. The lowest BCUT2D eigenvalue weighted by atomic mass is 10.1. The highest BCUT2D eigenvalue weighted by Gasteiger charge is 2.31. The lowest BCUT2D eigenvalue weighted by Crippen LogP contribution is -2.40. The van der Waals surface area contributed by atoms with E-state index in [0.717, 1.165) is 33.2 Å². The average molecular weight is 400 g/mol. The Morgan fingerprint density at radius 3 is 2.03 bits per heavy atom. The first-order chi connectivity index (χ1) is 13.8. The van der Waals surface area contributed by atoms with Crippen LogP contribution in [0.2, 0.25) is 0 Å². The Morgan fingerprint density at radius 1 is 0.828 bits per heavy atom. The van der Waals surface area contributed by atoms with Crippen LogP contribution in [0.3, 0.4) is 0 Å². The summed E-state index contributed by atoms with van der Waals surface area (Å²) in [6.45, 7) is 0. The zero-order valence-corrected chi connectivity index (χ0v) is 15.9. The number of nitrogens with zero attached hydrogens (tertiary/aromatic N) is 2. The van der Waals surface area contributed by atoms with Gasteiger partial charge in [0.2, 0.25) is 0 Å². The van der Waals surface area contributed by atoms with Crippen LogP contribution in [0.4, 0.5) is 29.3 Å². The molecule has 7 heteroatoms. The molecular formula is C22H19F3N2O2. The summed E-state index contributed by atoms with van der Waals surface area (Å²) in [7, 11) is 2.71. The zero-order valence-electron chi connectivity index (χ0n) is 15.9. The smallest absolute Gasteiger partial charge is 0.295 e. The van der Waals surface area contributed by atoms with Crippen molar-refractivity contribution in [1.29, 1.82) is 0 Å². The summed E-state index contributed by atoms with van der Waals surface area (Å²) in [5.41, 5.74) is 1.72. The maximum atomic E-state index is 13.0. The van der Waals surface area contributed by atoms with Crippen molar-refractivity contribution in [1.82, 2.24) is 0 Å². The van der Waals surface area contributed by atoms with Gasteiger partial charge >= 0.3 is 12.2 Å². The van der Waals surface area contributed by atoms with Gasteiger partial charge in [0, 0.05) is 12.7 Å². The van der Waals surface area contributed by atoms with Gasteiger partial charge in [0.05, 0.1) is 18.4 Å². The number of carbonyl (C=O) groups excluding carboxylic acids is 1. The first kappa shape index (κ1) is 20.4. The molecule has 0 bridgehead atoms. The molecule has 0 unspecified atom stereocenters. The first-order valence-electron chi connectivity index (χ1n) is 8.76. The van der Waals surface area contributed by atoms with Gasteiger partial charge in [0.1, 0.15) is 0 Å². The van der Waals surface area contributed by atoms with Crippen LogP contribution in [-0.2, 0) is 11.0 Å². The Labute approximate surface area is 166 Å². The molecule has 0 aromatic heterocycles. The number of rotatable bonds is 4. The van der Waals surface area contributed by atoms with Crippen molar-refractivity contribution in [2.45, 2.75) is 6.18 Å². The SMILES string of the molecule is CON(C(=O)N(C)c1cccc(C(F)(F)F)c1)c1ccc(-c2ccccc2)cc1. The molecule has 3 rings (SSSR count). The molecule has 0 aliphatic carbocycles. The monoisotopic (exact) mass is 400 g/mol. The largest absolute Gasteiger partial charge is 0.416 e. The highest BCUT2D eigenvalue weighted by molar-refractivity contribution is 6.01. The number of urea groups is 1. The van der Waals surface area contributed by atoms with Crippen molar-refractivity contribution >= 4 is 17.4 Å². The molecule has 0 aliphatic heterocycles. The number of carbonyl (C=O) groups is 1. The van der Waals surface area contributed by atoms with E-state index in [1.165, 1.54) is 26.3 Å². The fraction of sp³-hybridized carbons (Fsp3) is 0.136. The Morgan fingerprint density at radius 2 is 1.45 bits per heavy atom. The third-order valence-corrected chi connectivity index (χ3v) is 4.41. The Balaban J connectivity index is 1.83. The molecule has 2 amide bonds. The van der Waals surface area contributed by atoms with Crippen molar-refractivity contribution in [3.8, 4) is 11.1 Å². The number of anilines is 2. The average Bonchev–Trinajstić information content (AvgIpc) is 2.74. The van der Waals surface area contributed by atoms with E-state index in [-0.39, 0.29) is 5.69 Å². The summed E-state index contributed by atoms with van der Waals surface area (Å²) in [4.78, 5) is 19.1. The van der Waals surface area contributed by atoms with Gasteiger partial charge in [-0.2, -0.15) is 18.2 Å². The van der Waals surface area contributed by atoms with Crippen molar-refractivity contribution in [3.05, 3.63) is 84.4 Å². The van der Waals surface area contributed by atoms with E-state index >= 15 is 0 Å². The molecule has 0 saturated heterocycles. The Kier molecular flexibility index (Phi) is 5.89. The fourth-order valence-electron chi connectivity index (χ4n) is 2.85. The first-order valence-corrected chi connectivity index (χ1v) is 8.76. The second kappa shape index (κ2) is 8.36. The summed E-state index contributed by atoms with van der Waals surface area (Å²) >= 11 is 0. The second-order valence-corrected chi connectivity index (χ2v) is 6.28. The molecule has 0 atom stereocenters. The van der Waals surface area contributed by atoms with E-state index in [9.17, 15) is 18.0 Å². The molecule has 0 saturated carbocycles. The molecule has 3 aromatic rings. The molecule has 0 radical (unpaired) electrons. The third-order valence-electron chi connectivity index (χ3n) is 4.41. The minimum atomic E-state index is -4.49. The van der Waals surface area contributed by atoms with Gasteiger partial charge in [-0.15, -0.1) is 0 Å².